The molecule has 0 aromatic heterocycles. The van der Waals surface area contributed by atoms with Crippen LogP contribution in [0.25, 0.3) is 0 Å². The zero-order valence-electron chi connectivity index (χ0n) is 14.5. The molecule has 0 unspecified atom stereocenters. The van der Waals surface area contributed by atoms with Crippen LogP contribution in [0.5, 0.6) is 5.75 Å². The van der Waals surface area contributed by atoms with Crippen molar-refractivity contribution in [2.75, 3.05) is 19.0 Å². The lowest BCUT2D eigenvalue weighted by atomic mass is 9.73. The molecule has 2 atom stereocenters. The maximum atomic E-state index is 12.9. The van der Waals surface area contributed by atoms with Gasteiger partial charge < -0.3 is 15.4 Å². The fraction of sp³-hybridized carbons (Fsp3) is 0.500. The van der Waals surface area contributed by atoms with Gasteiger partial charge in [0.1, 0.15) is 17.8 Å². The van der Waals surface area contributed by atoms with Gasteiger partial charge in [0.25, 0.3) is 5.91 Å². The number of rotatable bonds is 4. The molecular formula is C18H23N3O4. The van der Waals surface area contributed by atoms with Gasteiger partial charge in [0.15, 0.2) is 0 Å². The van der Waals surface area contributed by atoms with Gasteiger partial charge in [-0.15, -0.1) is 0 Å². The molecule has 1 saturated heterocycles. The number of nitrogens with zero attached hydrogens (tertiary/aromatic N) is 1. The van der Waals surface area contributed by atoms with Gasteiger partial charge >= 0.3 is 6.03 Å². The number of carbonyl (C=O) groups is 3. The molecule has 25 heavy (non-hydrogen) atoms. The predicted molar refractivity (Wildman–Crippen MR) is 92.2 cm³/mol. The summed E-state index contributed by atoms with van der Waals surface area (Å²) in [4.78, 5) is 38.5. The molecule has 1 saturated carbocycles. The molecule has 1 aliphatic heterocycles. The Balaban J connectivity index is 1.71. The SMILES string of the molecule is COc1ccccc1NC(=O)CN1C(=O)N[C@@]2(CCCC[C@@H]2C)C1=O. The molecule has 4 amide bonds. The monoisotopic (exact) mass is 345 g/mol. The van der Waals surface area contributed by atoms with Gasteiger partial charge in [-0.1, -0.05) is 31.9 Å². The van der Waals surface area contributed by atoms with E-state index in [9.17, 15) is 14.4 Å². The molecule has 7 heteroatoms. The second-order valence-electron chi connectivity index (χ2n) is 6.69. The summed E-state index contributed by atoms with van der Waals surface area (Å²) in [6, 6.07) is 6.49. The number of carbonyl (C=O) groups excluding carboxylic acids is 3. The molecule has 1 spiro atoms. The van der Waals surface area contributed by atoms with Crippen molar-refractivity contribution in [3.63, 3.8) is 0 Å². The fourth-order valence-electron chi connectivity index (χ4n) is 3.72. The van der Waals surface area contributed by atoms with Crippen LogP contribution >= 0.6 is 0 Å². The third-order valence-corrected chi connectivity index (χ3v) is 5.18. The number of hydrogen-bond donors (Lipinski definition) is 2. The summed E-state index contributed by atoms with van der Waals surface area (Å²) >= 11 is 0. The Morgan fingerprint density at radius 2 is 2.12 bits per heavy atom. The number of ether oxygens (including phenoxy) is 1. The van der Waals surface area contributed by atoms with Crippen LogP contribution in [0.4, 0.5) is 10.5 Å². The van der Waals surface area contributed by atoms with Crippen molar-refractivity contribution in [1.29, 1.82) is 0 Å². The van der Waals surface area contributed by atoms with Crippen molar-refractivity contribution in [2.24, 2.45) is 5.92 Å². The average Bonchev–Trinajstić information content (AvgIpc) is 2.83. The standard InChI is InChI=1S/C18H23N3O4/c1-12-7-5-6-10-18(12)16(23)21(17(24)20-18)11-15(22)19-13-8-3-4-9-14(13)25-2/h3-4,8-9,12H,5-7,10-11H2,1-2H3,(H,19,22)(H,20,24)/t12-,18+/m0/s1. The summed E-state index contributed by atoms with van der Waals surface area (Å²) in [5, 5.41) is 5.54. The first kappa shape index (κ1) is 17.3. The lowest BCUT2D eigenvalue weighted by Gasteiger charge is -2.36. The molecule has 7 nitrogen and oxygen atoms in total. The highest BCUT2D eigenvalue weighted by molar-refractivity contribution is 6.10. The number of anilines is 1. The minimum atomic E-state index is -0.847. The Morgan fingerprint density at radius 3 is 2.84 bits per heavy atom. The van der Waals surface area contributed by atoms with Gasteiger partial charge in [-0.3, -0.25) is 14.5 Å². The quantitative estimate of drug-likeness (QED) is 0.819. The van der Waals surface area contributed by atoms with E-state index in [1.807, 2.05) is 6.92 Å². The minimum Gasteiger partial charge on any atom is -0.495 e. The molecule has 134 valence electrons. The molecule has 1 aromatic rings. The van der Waals surface area contributed by atoms with Crippen LogP contribution < -0.4 is 15.4 Å². The van der Waals surface area contributed by atoms with Crippen molar-refractivity contribution in [3.05, 3.63) is 24.3 Å². The normalized spacial score (nSPS) is 25.8. The Morgan fingerprint density at radius 1 is 1.36 bits per heavy atom. The van der Waals surface area contributed by atoms with Crippen LogP contribution in [-0.4, -0.2) is 41.9 Å². The zero-order valence-corrected chi connectivity index (χ0v) is 14.5. The summed E-state index contributed by atoms with van der Waals surface area (Å²) < 4.78 is 5.19. The molecular weight excluding hydrogens is 322 g/mol. The van der Waals surface area contributed by atoms with Crippen LogP contribution in [0.1, 0.15) is 32.6 Å². The summed E-state index contributed by atoms with van der Waals surface area (Å²) in [6.07, 6.45) is 3.48. The number of benzene rings is 1. The Hall–Kier alpha value is -2.57. The van der Waals surface area contributed by atoms with Crippen molar-refractivity contribution in [2.45, 2.75) is 38.1 Å². The van der Waals surface area contributed by atoms with Crippen molar-refractivity contribution in [3.8, 4) is 5.75 Å². The molecule has 2 aliphatic rings. The lowest BCUT2D eigenvalue weighted by molar-refractivity contribution is -0.136. The third kappa shape index (κ3) is 3.06. The van der Waals surface area contributed by atoms with E-state index in [4.69, 9.17) is 4.74 Å². The van der Waals surface area contributed by atoms with Crippen LogP contribution in [0, 0.1) is 5.92 Å². The topological polar surface area (TPSA) is 87.7 Å². The predicted octanol–water partition coefficient (Wildman–Crippen LogP) is 2.13. The second-order valence-corrected chi connectivity index (χ2v) is 6.69. The second kappa shape index (κ2) is 6.74. The molecule has 1 aliphatic carbocycles. The van der Waals surface area contributed by atoms with E-state index in [0.717, 1.165) is 24.2 Å². The molecule has 3 rings (SSSR count). The summed E-state index contributed by atoms with van der Waals surface area (Å²) in [5.41, 5.74) is -0.345. The van der Waals surface area contributed by atoms with Gasteiger partial charge in [-0.05, 0) is 30.9 Å². The fourth-order valence-corrected chi connectivity index (χ4v) is 3.72. The summed E-state index contributed by atoms with van der Waals surface area (Å²) in [6.45, 7) is 1.67. The van der Waals surface area contributed by atoms with Gasteiger partial charge in [0.2, 0.25) is 5.91 Å². The van der Waals surface area contributed by atoms with E-state index in [1.54, 1.807) is 24.3 Å². The maximum absolute atomic E-state index is 12.9. The molecule has 1 heterocycles. The summed E-state index contributed by atoms with van der Waals surface area (Å²) in [7, 11) is 1.51. The molecule has 2 N–H and O–H groups in total. The van der Waals surface area contributed by atoms with Crippen molar-refractivity contribution in [1.82, 2.24) is 10.2 Å². The first-order valence-corrected chi connectivity index (χ1v) is 8.55. The number of urea groups is 1. The summed E-state index contributed by atoms with van der Waals surface area (Å²) in [5.74, 6) is -0.140. The molecule has 2 fully saturated rings. The van der Waals surface area contributed by atoms with Crippen molar-refractivity contribution < 1.29 is 19.1 Å². The highest BCUT2D eigenvalue weighted by Crippen LogP contribution is 2.38. The van der Waals surface area contributed by atoms with E-state index < -0.39 is 17.5 Å². The molecule has 0 bridgehead atoms. The van der Waals surface area contributed by atoms with E-state index in [0.29, 0.717) is 17.9 Å². The highest BCUT2D eigenvalue weighted by atomic mass is 16.5. The molecule has 0 radical (unpaired) electrons. The van der Waals surface area contributed by atoms with Crippen molar-refractivity contribution >= 4 is 23.5 Å². The maximum Gasteiger partial charge on any atom is 0.325 e. The number of nitrogens with one attached hydrogen (secondary N) is 2. The van der Waals surface area contributed by atoms with Gasteiger partial charge in [0, 0.05) is 0 Å². The Bertz CT molecular complexity index is 705. The van der Waals surface area contributed by atoms with E-state index >= 15 is 0 Å². The number of amides is 4. The average molecular weight is 345 g/mol. The third-order valence-electron chi connectivity index (χ3n) is 5.18. The van der Waals surface area contributed by atoms with Crippen LogP contribution in [-0.2, 0) is 9.59 Å². The van der Waals surface area contributed by atoms with E-state index in [2.05, 4.69) is 10.6 Å². The Kier molecular flexibility index (Phi) is 4.65. The number of para-hydroxylation sites is 2. The number of methoxy groups -OCH3 is 1. The van der Waals surface area contributed by atoms with Crippen LogP contribution in [0.3, 0.4) is 0 Å². The minimum absolute atomic E-state index is 0.0694. The molecule has 1 aromatic carbocycles. The van der Waals surface area contributed by atoms with Gasteiger partial charge in [-0.25, -0.2) is 4.79 Å². The van der Waals surface area contributed by atoms with Gasteiger partial charge in [-0.2, -0.15) is 0 Å². The first-order valence-electron chi connectivity index (χ1n) is 8.55. The van der Waals surface area contributed by atoms with E-state index in [1.165, 1.54) is 7.11 Å². The zero-order chi connectivity index (χ0) is 18.0. The lowest BCUT2D eigenvalue weighted by Crippen LogP contribution is -2.54. The van der Waals surface area contributed by atoms with E-state index in [-0.39, 0.29) is 18.4 Å². The smallest absolute Gasteiger partial charge is 0.325 e. The Labute approximate surface area is 146 Å². The number of imide groups is 1. The first-order chi connectivity index (χ1) is 12.0. The highest BCUT2D eigenvalue weighted by Gasteiger charge is 2.55. The largest absolute Gasteiger partial charge is 0.495 e. The number of hydrogen-bond acceptors (Lipinski definition) is 4. The van der Waals surface area contributed by atoms with Crippen LogP contribution in [0.2, 0.25) is 0 Å². The van der Waals surface area contributed by atoms with Crippen LogP contribution in [0.15, 0.2) is 24.3 Å². The van der Waals surface area contributed by atoms with Gasteiger partial charge in [0.05, 0.1) is 12.8 Å².